The van der Waals surface area contributed by atoms with Gasteiger partial charge in [0.1, 0.15) is 5.76 Å². The normalized spacial score (nSPS) is 18.2. The average molecular weight is 172 g/mol. The van der Waals surface area contributed by atoms with Crippen molar-refractivity contribution in [2.45, 2.75) is 6.42 Å². The molecule has 0 saturated carbocycles. The molecular weight excluding hydrogens is 164 g/mol. The van der Waals surface area contributed by atoms with Crippen molar-refractivity contribution >= 4 is 11.8 Å². The minimum Gasteiger partial charge on any atom is -0.464 e. The first-order chi connectivity index (χ1) is 6.45. The zero-order chi connectivity index (χ0) is 8.67. The number of hydrogen-bond acceptors (Lipinski definition) is 2. The summed E-state index contributed by atoms with van der Waals surface area (Å²) < 4.78 is 5.45. The van der Waals surface area contributed by atoms with E-state index in [1.54, 1.807) is 12.5 Å². The molecule has 3 rings (SSSR count). The molecule has 3 nitrogen and oxygen atoms in total. The van der Waals surface area contributed by atoms with Crippen molar-refractivity contribution in [3.05, 3.63) is 40.8 Å². The Morgan fingerprint density at radius 1 is 1.46 bits per heavy atom. The molecule has 0 spiro atoms. The van der Waals surface area contributed by atoms with Gasteiger partial charge in [0.05, 0.1) is 23.0 Å². The van der Waals surface area contributed by atoms with E-state index < -0.39 is 0 Å². The summed E-state index contributed by atoms with van der Waals surface area (Å²) in [6, 6.07) is 0. The minimum absolute atomic E-state index is 0.912. The summed E-state index contributed by atoms with van der Waals surface area (Å²) in [6.45, 7) is 0. The number of nitrogens with one attached hydrogen (secondary N) is 1. The van der Waals surface area contributed by atoms with Crippen LogP contribution < -0.4 is 10.6 Å². The van der Waals surface area contributed by atoms with E-state index in [0.29, 0.717) is 0 Å². The Morgan fingerprint density at radius 3 is 3.46 bits per heavy atom. The molecule has 3 heteroatoms. The third-order valence-corrected chi connectivity index (χ3v) is 2.29. The number of aromatic nitrogens is 2. The fourth-order valence-corrected chi connectivity index (χ4v) is 1.66. The average Bonchev–Trinajstić information content (AvgIpc) is 2.65. The lowest BCUT2D eigenvalue weighted by Gasteiger charge is -2.14. The predicted molar refractivity (Wildman–Crippen MR) is 48.6 cm³/mol. The van der Waals surface area contributed by atoms with Gasteiger partial charge in [0, 0.05) is 0 Å². The van der Waals surface area contributed by atoms with Crippen LogP contribution in [0.1, 0.15) is 6.42 Å². The Kier molecular flexibility index (Phi) is 1.22. The zero-order valence-electron chi connectivity index (χ0n) is 6.95. The fourth-order valence-electron chi connectivity index (χ4n) is 1.66. The molecule has 0 radical (unpaired) electrons. The summed E-state index contributed by atoms with van der Waals surface area (Å²) in [5, 5.41) is 9.03. The van der Waals surface area contributed by atoms with Crippen molar-refractivity contribution in [3.63, 3.8) is 0 Å². The van der Waals surface area contributed by atoms with E-state index in [0.717, 1.165) is 22.7 Å². The highest BCUT2D eigenvalue weighted by Crippen LogP contribution is 2.21. The monoisotopic (exact) mass is 172 g/mol. The number of nitrogens with zero attached hydrogens (tertiary/aromatic N) is 1. The molecule has 1 aromatic rings. The molecule has 0 fully saturated rings. The quantitative estimate of drug-likeness (QED) is 0.606. The van der Waals surface area contributed by atoms with Crippen molar-refractivity contribution in [2.75, 3.05) is 0 Å². The van der Waals surface area contributed by atoms with Gasteiger partial charge in [-0.25, -0.2) is 0 Å². The third-order valence-electron chi connectivity index (χ3n) is 2.29. The van der Waals surface area contributed by atoms with Gasteiger partial charge < -0.3 is 4.74 Å². The molecule has 0 saturated heterocycles. The molecule has 13 heavy (non-hydrogen) atoms. The lowest BCUT2D eigenvalue weighted by Crippen LogP contribution is -2.29. The van der Waals surface area contributed by atoms with Crippen molar-refractivity contribution in [1.82, 2.24) is 10.2 Å². The van der Waals surface area contributed by atoms with Crippen molar-refractivity contribution in [3.8, 4) is 0 Å². The van der Waals surface area contributed by atoms with Gasteiger partial charge in [-0.05, 0) is 18.1 Å². The molecule has 1 aromatic heterocycles. The summed E-state index contributed by atoms with van der Waals surface area (Å²) in [5.74, 6) is 0.939. The maximum Gasteiger partial charge on any atom is 0.141 e. The second kappa shape index (κ2) is 2.36. The van der Waals surface area contributed by atoms with Crippen LogP contribution in [-0.4, -0.2) is 10.2 Å². The molecule has 0 unspecified atom stereocenters. The number of ether oxygens (including phenoxy) is 1. The molecular formula is C10H8N2O. The summed E-state index contributed by atoms with van der Waals surface area (Å²) in [7, 11) is 0. The van der Waals surface area contributed by atoms with Gasteiger partial charge in [-0.3, -0.25) is 5.10 Å². The maximum absolute atomic E-state index is 5.45. The number of fused-ring (bicyclic) bond motifs is 2. The SMILES string of the molecule is C1=COC2=c3cn[nH]c3=CCC2=C1. The maximum atomic E-state index is 5.45. The standard InChI is InChI=1S/C10H8N2O/c1-2-7-3-4-9-8(6-11-12-9)10(7)13-5-1/h1-2,4-6,12H,3H2. The van der Waals surface area contributed by atoms with Crippen LogP contribution in [0, 0.1) is 0 Å². The van der Waals surface area contributed by atoms with E-state index in [4.69, 9.17) is 4.74 Å². The summed E-state index contributed by atoms with van der Waals surface area (Å²) in [6.07, 6.45) is 10.5. The lowest BCUT2D eigenvalue weighted by molar-refractivity contribution is 0.425. The highest BCUT2D eigenvalue weighted by Gasteiger charge is 2.13. The number of hydrogen-bond donors (Lipinski definition) is 1. The van der Waals surface area contributed by atoms with E-state index in [1.165, 1.54) is 5.57 Å². The van der Waals surface area contributed by atoms with Crippen molar-refractivity contribution in [1.29, 1.82) is 0 Å². The van der Waals surface area contributed by atoms with Crippen molar-refractivity contribution < 1.29 is 4.74 Å². The first-order valence-electron chi connectivity index (χ1n) is 4.22. The highest BCUT2D eigenvalue weighted by molar-refractivity contribution is 5.65. The summed E-state index contributed by atoms with van der Waals surface area (Å²) >= 11 is 0. The van der Waals surface area contributed by atoms with Crippen LogP contribution in [0.5, 0.6) is 0 Å². The number of aromatic amines is 1. The Labute approximate surface area is 74.7 Å². The number of H-pyrrole nitrogens is 1. The smallest absolute Gasteiger partial charge is 0.141 e. The highest BCUT2D eigenvalue weighted by atomic mass is 16.5. The molecule has 2 aliphatic rings. The molecule has 0 amide bonds. The van der Waals surface area contributed by atoms with Crippen LogP contribution >= 0.6 is 0 Å². The van der Waals surface area contributed by atoms with Crippen LogP contribution in [0.2, 0.25) is 0 Å². The Bertz CT molecular complexity index is 519. The van der Waals surface area contributed by atoms with Crippen LogP contribution in [0.15, 0.2) is 30.2 Å². The Hall–Kier alpha value is -1.77. The zero-order valence-corrected chi connectivity index (χ0v) is 6.95. The Morgan fingerprint density at radius 2 is 2.46 bits per heavy atom. The van der Waals surface area contributed by atoms with Gasteiger partial charge in [0.2, 0.25) is 0 Å². The van der Waals surface area contributed by atoms with E-state index >= 15 is 0 Å². The molecule has 1 N–H and O–H groups in total. The van der Waals surface area contributed by atoms with Crippen LogP contribution in [0.3, 0.4) is 0 Å². The first kappa shape index (κ1) is 6.71. The largest absolute Gasteiger partial charge is 0.464 e. The van der Waals surface area contributed by atoms with Crippen LogP contribution in [-0.2, 0) is 4.74 Å². The summed E-state index contributed by atoms with van der Waals surface area (Å²) in [5.41, 5.74) is 1.22. The second-order valence-electron chi connectivity index (χ2n) is 3.07. The molecule has 0 atom stereocenters. The van der Waals surface area contributed by atoms with Gasteiger partial charge in [-0.2, -0.15) is 5.10 Å². The molecule has 1 aliphatic carbocycles. The minimum atomic E-state index is 0.912. The number of allylic oxidation sites excluding steroid dienone is 2. The van der Waals surface area contributed by atoms with E-state index in [1.807, 2.05) is 6.08 Å². The Balaban J connectivity index is 2.42. The number of rotatable bonds is 0. The molecule has 1 aliphatic heterocycles. The van der Waals surface area contributed by atoms with Crippen LogP contribution in [0.4, 0.5) is 0 Å². The van der Waals surface area contributed by atoms with Crippen LogP contribution in [0.25, 0.3) is 11.8 Å². The molecule has 2 heterocycles. The summed E-state index contributed by atoms with van der Waals surface area (Å²) in [4.78, 5) is 0. The van der Waals surface area contributed by atoms with Gasteiger partial charge >= 0.3 is 0 Å². The van der Waals surface area contributed by atoms with E-state index in [9.17, 15) is 0 Å². The second-order valence-corrected chi connectivity index (χ2v) is 3.07. The predicted octanol–water partition coefficient (Wildman–Crippen LogP) is 0.172. The van der Waals surface area contributed by atoms with Gasteiger partial charge in [0.15, 0.2) is 0 Å². The van der Waals surface area contributed by atoms with E-state index in [2.05, 4.69) is 22.3 Å². The molecule has 0 bridgehead atoms. The van der Waals surface area contributed by atoms with Gasteiger partial charge in [-0.15, -0.1) is 0 Å². The van der Waals surface area contributed by atoms with Gasteiger partial charge in [0.25, 0.3) is 0 Å². The van der Waals surface area contributed by atoms with Crippen molar-refractivity contribution in [2.24, 2.45) is 0 Å². The molecule has 0 aromatic carbocycles. The van der Waals surface area contributed by atoms with E-state index in [-0.39, 0.29) is 0 Å². The topological polar surface area (TPSA) is 37.9 Å². The molecule has 64 valence electrons. The lowest BCUT2D eigenvalue weighted by atomic mass is 10.0. The fraction of sp³-hybridized carbons (Fsp3) is 0.100. The van der Waals surface area contributed by atoms with Gasteiger partial charge in [-0.1, -0.05) is 12.2 Å². The third kappa shape index (κ3) is 0.869. The first-order valence-corrected chi connectivity index (χ1v) is 4.22.